The van der Waals surface area contributed by atoms with E-state index < -0.39 is 11.9 Å². The molecule has 1 aromatic carbocycles. The van der Waals surface area contributed by atoms with Gasteiger partial charge in [-0.05, 0) is 30.5 Å². The van der Waals surface area contributed by atoms with Crippen LogP contribution in [0.2, 0.25) is 5.02 Å². The molecule has 6 nitrogen and oxygen atoms in total. The predicted octanol–water partition coefficient (Wildman–Crippen LogP) is 2.60. The highest BCUT2D eigenvalue weighted by Crippen LogP contribution is 2.10. The second-order valence-corrected chi connectivity index (χ2v) is 5.58. The third-order valence-electron chi connectivity index (χ3n) is 3.16. The van der Waals surface area contributed by atoms with Gasteiger partial charge >= 0.3 is 5.97 Å². The number of nitrogens with zero attached hydrogens (tertiary/aromatic N) is 1. The quantitative estimate of drug-likeness (QED) is 0.342. The number of carboxylic acids is 1. The van der Waals surface area contributed by atoms with Crippen molar-refractivity contribution in [2.75, 3.05) is 6.54 Å². The molecule has 0 fully saturated rings. The fraction of sp³-hybridized carbons (Fsp3) is 0.353. The molecule has 0 radical (unpaired) electrons. The van der Waals surface area contributed by atoms with E-state index in [9.17, 15) is 9.59 Å². The molecular weight excluding hydrogens is 330 g/mol. The number of hydrogen-bond acceptors (Lipinski definition) is 4. The minimum Gasteiger partial charge on any atom is -0.481 e. The van der Waals surface area contributed by atoms with Crippen molar-refractivity contribution in [2.24, 2.45) is 0 Å². The van der Waals surface area contributed by atoms with E-state index in [0.29, 0.717) is 37.4 Å². The number of unbranched alkanes of at least 4 members (excludes halogenated alkanes) is 2. The molecule has 1 amide bonds. The minimum atomic E-state index is -0.820. The molecule has 0 aliphatic carbocycles. The van der Waals surface area contributed by atoms with Crippen LogP contribution in [0.3, 0.4) is 0 Å². The summed E-state index contributed by atoms with van der Waals surface area (Å²) in [6.07, 6.45) is 3.47. The maximum Gasteiger partial charge on any atom is 0.303 e. The van der Waals surface area contributed by atoms with Gasteiger partial charge in [0, 0.05) is 30.7 Å². The summed E-state index contributed by atoms with van der Waals surface area (Å²) < 4.78 is 0. The number of nitriles is 1. The second-order valence-electron chi connectivity index (χ2n) is 5.14. The lowest BCUT2D eigenvalue weighted by Crippen LogP contribution is -2.26. The molecule has 0 aliphatic rings. The molecule has 7 heteroatoms. The molecule has 1 rings (SSSR count). The first kappa shape index (κ1) is 19.5. The van der Waals surface area contributed by atoms with Crippen molar-refractivity contribution >= 4 is 23.5 Å². The van der Waals surface area contributed by atoms with Crippen LogP contribution in [0.25, 0.3) is 0 Å². The summed E-state index contributed by atoms with van der Waals surface area (Å²) in [6, 6.07) is 9.13. The lowest BCUT2D eigenvalue weighted by molar-refractivity contribution is -0.137. The summed E-state index contributed by atoms with van der Waals surface area (Å²) in [5, 5.41) is 23.7. The van der Waals surface area contributed by atoms with Gasteiger partial charge in [0.05, 0.1) is 0 Å². The second kappa shape index (κ2) is 11.1. The first-order chi connectivity index (χ1) is 11.5. The Morgan fingerprint density at radius 2 is 2.08 bits per heavy atom. The fourth-order valence-electron chi connectivity index (χ4n) is 1.94. The zero-order chi connectivity index (χ0) is 17.8. The molecule has 0 aliphatic heterocycles. The highest BCUT2D eigenvalue weighted by atomic mass is 35.5. The van der Waals surface area contributed by atoms with Crippen molar-refractivity contribution in [3.63, 3.8) is 0 Å². The maximum atomic E-state index is 11.9. The van der Waals surface area contributed by atoms with Crippen molar-refractivity contribution < 1.29 is 14.7 Å². The summed E-state index contributed by atoms with van der Waals surface area (Å²) >= 11 is 5.88. The topological polar surface area (TPSA) is 102 Å². The molecule has 3 N–H and O–H groups in total. The zero-order valence-corrected chi connectivity index (χ0v) is 14.0. The number of halogens is 1. The predicted molar refractivity (Wildman–Crippen MR) is 91.1 cm³/mol. The number of hydrogen-bond donors (Lipinski definition) is 3. The SMILES string of the molecule is N#C/C(=C/NCc1cccc(Cl)c1)C(=O)NCCCCCC(=O)O. The first-order valence-electron chi connectivity index (χ1n) is 7.61. The lowest BCUT2D eigenvalue weighted by Gasteiger charge is -2.05. The van der Waals surface area contributed by atoms with Gasteiger partial charge in [0.1, 0.15) is 11.6 Å². The van der Waals surface area contributed by atoms with E-state index in [0.717, 1.165) is 5.56 Å². The molecule has 0 unspecified atom stereocenters. The molecule has 0 saturated heterocycles. The summed E-state index contributed by atoms with van der Waals surface area (Å²) in [5.41, 5.74) is 0.928. The van der Waals surface area contributed by atoms with Crippen molar-refractivity contribution in [3.8, 4) is 6.07 Å². The highest BCUT2D eigenvalue weighted by Gasteiger charge is 2.07. The Hall–Kier alpha value is -2.52. The Bertz CT molecular complexity index is 638. The van der Waals surface area contributed by atoms with Crippen LogP contribution in [-0.4, -0.2) is 23.5 Å². The normalized spacial score (nSPS) is 10.8. The molecule has 1 aromatic rings. The van der Waals surface area contributed by atoms with Gasteiger partial charge in [-0.2, -0.15) is 5.26 Å². The van der Waals surface area contributed by atoms with Gasteiger partial charge < -0.3 is 15.7 Å². The van der Waals surface area contributed by atoms with Gasteiger partial charge in [-0.15, -0.1) is 0 Å². The largest absolute Gasteiger partial charge is 0.481 e. The number of carbonyl (C=O) groups is 2. The third kappa shape index (κ3) is 8.20. The van der Waals surface area contributed by atoms with Crippen LogP contribution in [0.5, 0.6) is 0 Å². The summed E-state index contributed by atoms with van der Waals surface area (Å²) in [5.74, 6) is -1.27. The molecule has 0 atom stereocenters. The highest BCUT2D eigenvalue weighted by molar-refractivity contribution is 6.30. The van der Waals surface area contributed by atoms with E-state index in [2.05, 4.69) is 10.6 Å². The van der Waals surface area contributed by atoms with Gasteiger partial charge in [-0.25, -0.2) is 0 Å². The van der Waals surface area contributed by atoms with E-state index in [-0.39, 0.29) is 12.0 Å². The number of carboxylic acid groups (broad SMARTS) is 1. The number of amides is 1. The number of carbonyl (C=O) groups excluding carboxylic acids is 1. The first-order valence-corrected chi connectivity index (χ1v) is 7.99. The van der Waals surface area contributed by atoms with E-state index in [1.165, 1.54) is 6.20 Å². The van der Waals surface area contributed by atoms with Crippen LogP contribution in [0.15, 0.2) is 36.0 Å². The van der Waals surface area contributed by atoms with Gasteiger partial charge in [0.15, 0.2) is 0 Å². The Morgan fingerprint density at radius 3 is 2.75 bits per heavy atom. The molecule has 24 heavy (non-hydrogen) atoms. The van der Waals surface area contributed by atoms with Crippen LogP contribution in [0.1, 0.15) is 31.2 Å². The number of benzene rings is 1. The molecule has 0 spiro atoms. The lowest BCUT2D eigenvalue weighted by atomic mass is 10.2. The monoisotopic (exact) mass is 349 g/mol. The van der Waals surface area contributed by atoms with E-state index >= 15 is 0 Å². The Morgan fingerprint density at radius 1 is 1.29 bits per heavy atom. The van der Waals surface area contributed by atoms with E-state index in [1.807, 2.05) is 18.2 Å². The summed E-state index contributed by atoms with van der Waals surface area (Å²) in [6.45, 7) is 0.861. The van der Waals surface area contributed by atoms with Crippen molar-refractivity contribution in [3.05, 3.63) is 46.6 Å². The van der Waals surface area contributed by atoms with Crippen LogP contribution in [0.4, 0.5) is 0 Å². The van der Waals surface area contributed by atoms with Crippen molar-refractivity contribution in [2.45, 2.75) is 32.2 Å². The average molecular weight is 350 g/mol. The maximum absolute atomic E-state index is 11.9. The zero-order valence-electron chi connectivity index (χ0n) is 13.2. The van der Waals surface area contributed by atoms with E-state index in [4.69, 9.17) is 22.0 Å². The van der Waals surface area contributed by atoms with Crippen LogP contribution < -0.4 is 10.6 Å². The minimum absolute atomic E-state index is 0.0115. The molecule has 0 bridgehead atoms. The van der Waals surface area contributed by atoms with Gasteiger partial charge in [0.2, 0.25) is 0 Å². The van der Waals surface area contributed by atoms with Gasteiger partial charge in [-0.1, -0.05) is 30.2 Å². The molecule has 0 aromatic heterocycles. The Kier molecular flexibility index (Phi) is 9.02. The van der Waals surface area contributed by atoms with Crippen LogP contribution in [-0.2, 0) is 16.1 Å². The number of aliphatic carboxylic acids is 1. The van der Waals surface area contributed by atoms with Gasteiger partial charge in [0.25, 0.3) is 5.91 Å². The molecular formula is C17H20ClN3O3. The Labute approximate surface area is 146 Å². The summed E-state index contributed by atoms with van der Waals surface area (Å²) in [4.78, 5) is 22.2. The van der Waals surface area contributed by atoms with Crippen LogP contribution >= 0.6 is 11.6 Å². The molecule has 0 saturated carbocycles. The summed E-state index contributed by atoms with van der Waals surface area (Å²) in [7, 11) is 0. The van der Waals surface area contributed by atoms with E-state index in [1.54, 1.807) is 12.1 Å². The van der Waals surface area contributed by atoms with Crippen molar-refractivity contribution in [1.82, 2.24) is 10.6 Å². The standard InChI is InChI=1S/C17H20ClN3O3/c18-15-6-4-5-13(9-15)11-20-12-14(10-19)17(24)21-8-3-1-2-7-16(22)23/h4-6,9,12,20H,1-3,7-8,11H2,(H,21,24)(H,22,23)/b14-12-. The number of nitrogens with one attached hydrogen (secondary N) is 2. The Balaban J connectivity index is 2.32. The fourth-order valence-corrected chi connectivity index (χ4v) is 2.15. The number of rotatable bonds is 10. The average Bonchev–Trinajstić information content (AvgIpc) is 2.54. The molecule has 128 valence electrons. The smallest absolute Gasteiger partial charge is 0.303 e. The van der Waals surface area contributed by atoms with Crippen LogP contribution in [0, 0.1) is 11.3 Å². The third-order valence-corrected chi connectivity index (χ3v) is 3.39. The van der Waals surface area contributed by atoms with Crippen molar-refractivity contribution in [1.29, 1.82) is 5.26 Å². The van der Waals surface area contributed by atoms with Gasteiger partial charge in [-0.3, -0.25) is 9.59 Å². The molecule has 0 heterocycles.